The highest BCUT2D eigenvalue weighted by atomic mass is 16.6. The minimum absolute atomic E-state index is 0.529. The van der Waals surface area contributed by atoms with Crippen molar-refractivity contribution in [3.05, 3.63) is 70.9 Å². The molecule has 0 radical (unpaired) electrons. The number of hydrogen-bond donors (Lipinski definition) is 2. The molecule has 6 heteroatoms. The second-order valence-electron chi connectivity index (χ2n) is 8.44. The first-order valence-corrected chi connectivity index (χ1v) is 10.2. The third-order valence-corrected chi connectivity index (χ3v) is 6.07. The zero-order valence-corrected chi connectivity index (χ0v) is 17.2. The van der Waals surface area contributed by atoms with Crippen LogP contribution < -0.4 is 5.43 Å². The van der Waals surface area contributed by atoms with Crippen molar-refractivity contribution in [1.82, 2.24) is 5.06 Å². The predicted molar refractivity (Wildman–Crippen MR) is 115 cm³/mol. The maximum absolute atomic E-state index is 13.8. The number of hydrogen-bond acceptors (Lipinski definition) is 5. The molecular formula is C23H28N4O2. The Morgan fingerprint density at radius 1 is 1.07 bits per heavy atom. The monoisotopic (exact) mass is 392 g/mol. The van der Waals surface area contributed by atoms with Gasteiger partial charge in [0.05, 0.1) is 5.69 Å². The van der Waals surface area contributed by atoms with E-state index in [2.05, 4.69) is 10.5 Å². The van der Waals surface area contributed by atoms with Crippen molar-refractivity contribution in [3.8, 4) is 0 Å². The Bertz CT molecular complexity index is 951. The minimum atomic E-state index is -1.19. The predicted octanol–water partition coefficient (Wildman–Crippen LogP) is 4.52. The number of anilines is 1. The molecule has 2 aliphatic rings. The molecule has 0 unspecified atom stereocenters. The number of hydrazone groups is 1. The van der Waals surface area contributed by atoms with Crippen molar-refractivity contribution in [2.45, 2.75) is 57.7 Å². The number of nitrogens with one attached hydrogen (secondary N) is 1. The van der Waals surface area contributed by atoms with Crippen LogP contribution in [0.5, 0.6) is 0 Å². The molecule has 0 saturated heterocycles. The first-order valence-electron chi connectivity index (χ1n) is 10.2. The number of benzene rings is 2. The molecule has 152 valence electrons. The van der Waals surface area contributed by atoms with E-state index in [-0.39, 0.29) is 0 Å². The number of aryl methyl sites for hydroxylation is 1. The Morgan fingerprint density at radius 2 is 1.76 bits per heavy atom. The molecule has 0 amide bonds. The Labute approximate surface area is 171 Å². The summed E-state index contributed by atoms with van der Waals surface area (Å²) in [5.41, 5.74) is 5.07. The number of nitrogens with zero attached hydrogens (tertiary/aromatic N) is 3. The van der Waals surface area contributed by atoms with Crippen molar-refractivity contribution in [2.24, 2.45) is 5.10 Å². The third kappa shape index (κ3) is 3.12. The number of hydroxylamine groups is 3. The van der Waals surface area contributed by atoms with Crippen molar-refractivity contribution in [1.29, 1.82) is 0 Å². The highest BCUT2D eigenvalue weighted by Gasteiger charge is 2.65. The van der Waals surface area contributed by atoms with Crippen LogP contribution in [0, 0.1) is 12.1 Å². The fourth-order valence-corrected chi connectivity index (χ4v) is 4.51. The van der Waals surface area contributed by atoms with Crippen LogP contribution in [0.1, 0.15) is 50.7 Å². The van der Waals surface area contributed by atoms with E-state index in [1.165, 1.54) is 5.06 Å². The summed E-state index contributed by atoms with van der Waals surface area (Å²) in [6, 6.07) is 17.5. The molecule has 1 heterocycles. The van der Waals surface area contributed by atoms with Crippen LogP contribution in [0.2, 0.25) is 0 Å². The molecule has 1 saturated carbocycles. The summed E-state index contributed by atoms with van der Waals surface area (Å²) in [7, 11) is 0. The van der Waals surface area contributed by atoms with Crippen LogP contribution >= 0.6 is 0 Å². The zero-order valence-electron chi connectivity index (χ0n) is 17.2. The fourth-order valence-electron chi connectivity index (χ4n) is 4.51. The maximum Gasteiger partial charge on any atom is 0.292 e. The van der Waals surface area contributed by atoms with Gasteiger partial charge in [-0.05, 0) is 64.3 Å². The topological polar surface area (TPSA) is 73.9 Å². The summed E-state index contributed by atoms with van der Waals surface area (Å²) in [6.07, 6.45) is 2.99. The molecule has 1 fully saturated rings. The maximum atomic E-state index is 13.8. The number of rotatable bonds is 3. The second-order valence-corrected chi connectivity index (χ2v) is 8.44. The normalized spacial score (nSPS) is 25.7. The average molecular weight is 393 g/mol. The van der Waals surface area contributed by atoms with Gasteiger partial charge in [0.1, 0.15) is 11.3 Å². The highest BCUT2D eigenvalue weighted by molar-refractivity contribution is 6.07. The lowest BCUT2D eigenvalue weighted by molar-refractivity contribution is -0.568. The van der Waals surface area contributed by atoms with Crippen molar-refractivity contribution in [2.75, 3.05) is 5.43 Å². The molecule has 2 N–H and O–H groups in total. The molecule has 1 aliphatic carbocycles. The first kappa shape index (κ1) is 19.6. The van der Waals surface area contributed by atoms with Crippen LogP contribution in [-0.2, 0) is 0 Å². The van der Waals surface area contributed by atoms with Gasteiger partial charge in [-0.1, -0.05) is 35.9 Å². The largest absolute Gasteiger partial charge is 0.622 e. The molecule has 1 spiro atoms. The standard InChI is InChI=1S/C23H28N4O2/c1-17-12-14-18(15-13-17)21-22(2,3)27(29)23(26(21)28)16-8-7-11-20(23)25-24-19-9-5-4-6-10-19/h4-6,9-10,12-15,24,29H,7-8,11,16H2,1-3H3/t23-/m0/s1. The fraction of sp³-hybridized carbons (Fsp3) is 0.391. The van der Waals surface area contributed by atoms with Gasteiger partial charge in [-0.15, -0.1) is 5.06 Å². The van der Waals surface area contributed by atoms with Gasteiger partial charge in [-0.2, -0.15) is 9.84 Å². The number of para-hydroxylation sites is 1. The Balaban J connectivity index is 1.81. The van der Waals surface area contributed by atoms with Crippen LogP contribution in [0.3, 0.4) is 0 Å². The Kier molecular flexibility index (Phi) is 4.92. The molecule has 2 aromatic carbocycles. The molecular weight excluding hydrogens is 364 g/mol. The van der Waals surface area contributed by atoms with Gasteiger partial charge in [0.15, 0.2) is 0 Å². The van der Waals surface area contributed by atoms with E-state index in [9.17, 15) is 10.4 Å². The summed E-state index contributed by atoms with van der Waals surface area (Å²) in [5, 5.41) is 30.9. The smallest absolute Gasteiger partial charge is 0.292 e. The van der Waals surface area contributed by atoms with E-state index in [1.807, 2.05) is 75.4 Å². The SMILES string of the molecule is Cc1ccc(C2=[N+]([O-])[C@@]3(CCCCC3=NNc3ccccc3)N(O)C2(C)C)cc1. The minimum Gasteiger partial charge on any atom is -0.622 e. The van der Waals surface area contributed by atoms with Crippen LogP contribution in [0.15, 0.2) is 59.7 Å². The van der Waals surface area contributed by atoms with E-state index in [1.54, 1.807) is 0 Å². The van der Waals surface area contributed by atoms with Crippen molar-refractivity contribution in [3.63, 3.8) is 0 Å². The average Bonchev–Trinajstić information content (AvgIpc) is 2.87. The Hall–Kier alpha value is -2.70. The van der Waals surface area contributed by atoms with E-state index >= 15 is 0 Å². The molecule has 4 rings (SSSR count). The van der Waals surface area contributed by atoms with Gasteiger partial charge >= 0.3 is 0 Å². The van der Waals surface area contributed by atoms with E-state index < -0.39 is 11.2 Å². The highest BCUT2D eigenvalue weighted by Crippen LogP contribution is 2.42. The summed E-state index contributed by atoms with van der Waals surface area (Å²) in [5.74, 6) is 0. The van der Waals surface area contributed by atoms with Crippen molar-refractivity contribution >= 4 is 17.1 Å². The molecule has 1 aliphatic heterocycles. The lowest BCUT2D eigenvalue weighted by Gasteiger charge is -2.38. The first-order chi connectivity index (χ1) is 13.9. The Morgan fingerprint density at radius 3 is 2.45 bits per heavy atom. The van der Waals surface area contributed by atoms with Gasteiger partial charge in [0.25, 0.3) is 5.66 Å². The third-order valence-electron chi connectivity index (χ3n) is 6.07. The second kappa shape index (κ2) is 7.28. The molecule has 0 aromatic heterocycles. The van der Waals surface area contributed by atoms with Crippen LogP contribution in [0.25, 0.3) is 0 Å². The molecule has 2 aromatic rings. The lowest BCUT2D eigenvalue weighted by atomic mass is 9.86. The van der Waals surface area contributed by atoms with E-state index in [0.717, 1.165) is 34.4 Å². The quantitative estimate of drug-likeness (QED) is 0.458. The summed E-state index contributed by atoms with van der Waals surface area (Å²) in [6.45, 7) is 5.79. The van der Waals surface area contributed by atoms with Crippen LogP contribution in [0.4, 0.5) is 5.69 Å². The van der Waals surface area contributed by atoms with E-state index in [4.69, 9.17) is 0 Å². The van der Waals surface area contributed by atoms with Gasteiger partial charge in [-0.25, -0.2) is 0 Å². The van der Waals surface area contributed by atoms with Gasteiger partial charge in [0, 0.05) is 12.0 Å². The summed E-state index contributed by atoms with van der Waals surface area (Å²) in [4.78, 5) is 0. The zero-order chi connectivity index (χ0) is 20.6. The molecule has 29 heavy (non-hydrogen) atoms. The van der Waals surface area contributed by atoms with Crippen molar-refractivity contribution < 1.29 is 9.95 Å². The van der Waals surface area contributed by atoms with Gasteiger partial charge in [-0.3, -0.25) is 5.43 Å². The summed E-state index contributed by atoms with van der Waals surface area (Å²) >= 11 is 0. The van der Waals surface area contributed by atoms with Crippen LogP contribution in [-0.4, -0.2) is 37.6 Å². The lowest BCUT2D eigenvalue weighted by Crippen LogP contribution is -2.61. The molecule has 6 nitrogen and oxygen atoms in total. The van der Waals surface area contributed by atoms with Gasteiger partial charge < -0.3 is 10.4 Å². The van der Waals surface area contributed by atoms with E-state index in [0.29, 0.717) is 24.3 Å². The van der Waals surface area contributed by atoms with Gasteiger partial charge in [0.2, 0.25) is 5.71 Å². The molecule has 0 bridgehead atoms. The summed E-state index contributed by atoms with van der Waals surface area (Å²) < 4.78 is 1.00. The molecule has 1 atom stereocenters.